The Kier molecular flexibility index (Phi) is 4.53. The van der Waals surface area contributed by atoms with Crippen molar-refractivity contribution in [2.75, 3.05) is 43.6 Å². The molecule has 0 aromatic heterocycles. The summed E-state index contributed by atoms with van der Waals surface area (Å²) in [5.41, 5.74) is 4.22. The summed E-state index contributed by atoms with van der Waals surface area (Å²) in [6.45, 7) is 5.24. The van der Waals surface area contributed by atoms with Gasteiger partial charge in [-0.25, -0.2) is 5.01 Å². The van der Waals surface area contributed by atoms with Gasteiger partial charge in [0.15, 0.2) is 0 Å². The Hall–Kier alpha value is -1.86. The molecule has 0 atom stereocenters. The second-order valence-corrected chi connectivity index (χ2v) is 4.20. The van der Waals surface area contributed by atoms with Crippen molar-refractivity contribution < 1.29 is 9.66 Å². The van der Waals surface area contributed by atoms with Gasteiger partial charge in [-0.15, -0.1) is 0 Å². The van der Waals surface area contributed by atoms with E-state index in [4.69, 9.17) is 4.74 Å². The lowest BCUT2D eigenvalue weighted by Crippen LogP contribution is -2.40. The molecular weight excluding hydrogens is 248 g/mol. The van der Waals surface area contributed by atoms with E-state index >= 15 is 0 Å². The first-order valence-corrected chi connectivity index (χ1v) is 6.33. The Balaban J connectivity index is 2.22. The molecule has 19 heavy (non-hydrogen) atoms. The van der Waals surface area contributed by atoms with Crippen LogP contribution in [0.3, 0.4) is 0 Å². The van der Waals surface area contributed by atoms with Crippen LogP contribution in [0.15, 0.2) is 18.2 Å². The van der Waals surface area contributed by atoms with Gasteiger partial charge in [-0.2, -0.15) is 0 Å². The minimum Gasteiger partial charge on any atom is -0.380 e. The first-order valence-electron chi connectivity index (χ1n) is 6.33. The summed E-state index contributed by atoms with van der Waals surface area (Å²) in [4.78, 5) is 10.9. The number of hydrazine groups is 1. The number of para-hydroxylation sites is 1. The molecule has 0 amide bonds. The molecule has 104 valence electrons. The summed E-state index contributed by atoms with van der Waals surface area (Å²) < 4.78 is 5.25. The van der Waals surface area contributed by atoms with Crippen LogP contribution in [0.4, 0.5) is 17.1 Å². The lowest BCUT2D eigenvalue weighted by molar-refractivity contribution is -0.383. The predicted octanol–water partition coefficient (Wildman–Crippen LogP) is 1.69. The Bertz CT molecular complexity index is 447. The molecule has 1 aromatic rings. The number of nitrogens with zero attached hydrogens (tertiary/aromatic N) is 2. The fraction of sp³-hybridized carbons (Fsp3) is 0.500. The molecule has 0 radical (unpaired) electrons. The number of nitro benzene ring substituents is 1. The molecule has 1 fully saturated rings. The first-order chi connectivity index (χ1) is 9.22. The van der Waals surface area contributed by atoms with Crippen LogP contribution in [0, 0.1) is 10.1 Å². The van der Waals surface area contributed by atoms with Crippen LogP contribution in [0.25, 0.3) is 0 Å². The zero-order chi connectivity index (χ0) is 13.7. The molecule has 2 N–H and O–H groups in total. The number of rotatable bonds is 5. The Morgan fingerprint density at radius 1 is 1.37 bits per heavy atom. The number of nitrogens with one attached hydrogen (secondary N) is 2. The second kappa shape index (κ2) is 6.35. The van der Waals surface area contributed by atoms with E-state index in [1.54, 1.807) is 18.2 Å². The van der Waals surface area contributed by atoms with Gasteiger partial charge in [0.2, 0.25) is 0 Å². The highest BCUT2D eigenvalue weighted by atomic mass is 16.6. The highest BCUT2D eigenvalue weighted by Crippen LogP contribution is 2.33. The Morgan fingerprint density at radius 3 is 2.68 bits per heavy atom. The van der Waals surface area contributed by atoms with Gasteiger partial charge in [0, 0.05) is 19.6 Å². The minimum absolute atomic E-state index is 0.0795. The molecule has 0 saturated carbocycles. The molecule has 1 aromatic carbocycles. The number of ether oxygens (including phenoxy) is 1. The third kappa shape index (κ3) is 3.33. The molecule has 1 aliphatic rings. The van der Waals surface area contributed by atoms with Gasteiger partial charge >= 0.3 is 5.69 Å². The smallest absolute Gasteiger partial charge is 0.316 e. The van der Waals surface area contributed by atoms with Crippen LogP contribution in [0.2, 0.25) is 0 Å². The van der Waals surface area contributed by atoms with Crippen molar-refractivity contribution in [3.63, 3.8) is 0 Å². The highest BCUT2D eigenvalue weighted by molar-refractivity contribution is 5.75. The minimum atomic E-state index is -0.360. The summed E-state index contributed by atoms with van der Waals surface area (Å²) in [5.74, 6) is 0. The molecule has 1 saturated heterocycles. The number of morpholine rings is 1. The largest absolute Gasteiger partial charge is 0.380 e. The monoisotopic (exact) mass is 266 g/mol. The molecule has 1 aliphatic heterocycles. The van der Waals surface area contributed by atoms with Crippen LogP contribution >= 0.6 is 0 Å². The number of hydrogen-bond acceptors (Lipinski definition) is 6. The maximum atomic E-state index is 11.2. The van der Waals surface area contributed by atoms with Gasteiger partial charge in [0.1, 0.15) is 11.4 Å². The van der Waals surface area contributed by atoms with Gasteiger partial charge in [0.25, 0.3) is 0 Å². The van der Waals surface area contributed by atoms with Crippen molar-refractivity contribution in [2.45, 2.75) is 6.92 Å². The molecule has 0 bridgehead atoms. The van der Waals surface area contributed by atoms with E-state index in [2.05, 4.69) is 10.7 Å². The predicted molar refractivity (Wildman–Crippen MR) is 73.3 cm³/mol. The van der Waals surface area contributed by atoms with Gasteiger partial charge in [0.05, 0.1) is 18.1 Å². The van der Waals surface area contributed by atoms with Crippen molar-refractivity contribution >= 4 is 17.1 Å². The van der Waals surface area contributed by atoms with E-state index in [0.29, 0.717) is 44.2 Å². The first kappa shape index (κ1) is 13.6. The topological polar surface area (TPSA) is 79.7 Å². The number of nitro groups is 1. The summed E-state index contributed by atoms with van der Waals surface area (Å²) in [5, 5.41) is 16.2. The van der Waals surface area contributed by atoms with E-state index in [0.717, 1.165) is 0 Å². The third-order valence-corrected chi connectivity index (χ3v) is 2.88. The summed E-state index contributed by atoms with van der Waals surface area (Å²) in [6.07, 6.45) is 0. The van der Waals surface area contributed by atoms with Crippen LogP contribution < -0.4 is 10.7 Å². The zero-order valence-corrected chi connectivity index (χ0v) is 10.9. The van der Waals surface area contributed by atoms with Crippen molar-refractivity contribution in [1.82, 2.24) is 5.01 Å². The summed E-state index contributed by atoms with van der Waals surface area (Å²) >= 11 is 0. The molecule has 7 nitrogen and oxygen atoms in total. The van der Waals surface area contributed by atoms with Gasteiger partial charge < -0.3 is 15.5 Å². The lowest BCUT2D eigenvalue weighted by Gasteiger charge is -2.27. The average molecular weight is 266 g/mol. The van der Waals surface area contributed by atoms with E-state index in [1.165, 1.54) is 0 Å². The fourth-order valence-corrected chi connectivity index (χ4v) is 2.01. The highest BCUT2D eigenvalue weighted by Gasteiger charge is 2.21. The second-order valence-electron chi connectivity index (χ2n) is 4.20. The molecule has 0 unspecified atom stereocenters. The van der Waals surface area contributed by atoms with Crippen molar-refractivity contribution in [3.05, 3.63) is 28.3 Å². The average Bonchev–Trinajstić information content (AvgIpc) is 2.40. The lowest BCUT2D eigenvalue weighted by atomic mass is 10.2. The zero-order valence-electron chi connectivity index (χ0n) is 10.9. The number of benzene rings is 1. The number of hydrogen-bond donors (Lipinski definition) is 2. The van der Waals surface area contributed by atoms with Crippen LogP contribution in [0.5, 0.6) is 0 Å². The van der Waals surface area contributed by atoms with Crippen LogP contribution in [-0.2, 0) is 4.74 Å². The van der Waals surface area contributed by atoms with Crippen molar-refractivity contribution in [3.8, 4) is 0 Å². The molecule has 7 heteroatoms. The SMILES string of the molecule is CCNc1cccc(NN2CCOCC2)c1[N+](=O)[O-]. The van der Waals surface area contributed by atoms with Crippen LogP contribution in [0.1, 0.15) is 6.92 Å². The van der Waals surface area contributed by atoms with Gasteiger partial charge in [-0.05, 0) is 19.1 Å². The van der Waals surface area contributed by atoms with Crippen molar-refractivity contribution in [2.24, 2.45) is 0 Å². The third-order valence-electron chi connectivity index (χ3n) is 2.88. The number of anilines is 2. The quantitative estimate of drug-likeness (QED) is 0.623. The molecule has 0 spiro atoms. The van der Waals surface area contributed by atoms with E-state index in [1.807, 2.05) is 11.9 Å². The molecule has 1 heterocycles. The van der Waals surface area contributed by atoms with Crippen molar-refractivity contribution in [1.29, 1.82) is 0 Å². The normalized spacial score (nSPS) is 16.1. The summed E-state index contributed by atoms with van der Waals surface area (Å²) in [7, 11) is 0. The standard InChI is InChI=1S/C12H18N4O3/c1-2-13-10-4-3-5-11(12(10)16(17)18)14-15-6-8-19-9-7-15/h3-5,13-14H,2,6-9H2,1H3. The maximum Gasteiger partial charge on any atom is 0.316 e. The molecular formula is C12H18N4O3. The Labute approximate surface area is 111 Å². The molecule has 2 rings (SSSR count). The maximum absolute atomic E-state index is 11.2. The Morgan fingerprint density at radius 2 is 2.05 bits per heavy atom. The van der Waals surface area contributed by atoms with E-state index in [-0.39, 0.29) is 10.6 Å². The summed E-state index contributed by atoms with van der Waals surface area (Å²) in [6, 6.07) is 5.23. The fourth-order valence-electron chi connectivity index (χ4n) is 2.01. The van der Waals surface area contributed by atoms with E-state index in [9.17, 15) is 10.1 Å². The molecule has 0 aliphatic carbocycles. The van der Waals surface area contributed by atoms with Crippen LogP contribution in [-0.4, -0.2) is 42.8 Å². The van der Waals surface area contributed by atoms with Gasteiger partial charge in [-0.1, -0.05) is 6.07 Å². The van der Waals surface area contributed by atoms with Gasteiger partial charge in [-0.3, -0.25) is 10.1 Å². The van der Waals surface area contributed by atoms with E-state index < -0.39 is 0 Å².